The van der Waals surface area contributed by atoms with Crippen molar-refractivity contribution >= 4 is 27.3 Å². The summed E-state index contributed by atoms with van der Waals surface area (Å²) in [7, 11) is 0. The number of hydrogen-bond donors (Lipinski definition) is 1. The molecule has 1 atom stereocenters. The normalized spacial score (nSPS) is 17.4. The van der Waals surface area contributed by atoms with Crippen LogP contribution in [0, 0.1) is 10.1 Å². The Balaban J connectivity index is 2.25. The average Bonchev–Trinajstić information content (AvgIpc) is 2.45. The molecular weight excluding hydrogens is 334 g/mol. The second-order valence-corrected chi connectivity index (χ2v) is 6.41. The molecule has 2 rings (SSSR count). The van der Waals surface area contributed by atoms with E-state index in [2.05, 4.69) is 40.0 Å². The number of nitrogens with one attached hydrogen (secondary N) is 1. The number of benzene rings is 1. The van der Waals surface area contributed by atoms with E-state index in [-0.39, 0.29) is 10.6 Å². The quantitative estimate of drug-likeness (QED) is 0.622. The Morgan fingerprint density at radius 2 is 2.05 bits per heavy atom. The van der Waals surface area contributed by atoms with E-state index in [1.807, 2.05) is 6.07 Å². The third-order valence-electron chi connectivity index (χ3n) is 3.87. The molecule has 0 spiro atoms. The molecule has 1 unspecified atom stereocenters. The Bertz CT molecular complexity index is 516. The first-order chi connectivity index (χ1) is 10.1. The van der Waals surface area contributed by atoms with E-state index >= 15 is 0 Å². The van der Waals surface area contributed by atoms with Crippen LogP contribution in [0.15, 0.2) is 16.6 Å². The van der Waals surface area contributed by atoms with Gasteiger partial charge in [-0.2, -0.15) is 0 Å². The van der Waals surface area contributed by atoms with Crippen LogP contribution in [0.5, 0.6) is 0 Å². The highest BCUT2D eigenvalue weighted by Crippen LogP contribution is 2.36. The van der Waals surface area contributed by atoms with Crippen LogP contribution < -0.4 is 5.32 Å². The van der Waals surface area contributed by atoms with Crippen LogP contribution in [0.25, 0.3) is 0 Å². The smallest absolute Gasteiger partial charge is 0.293 e. The minimum atomic E-state index is -0.313. The van der Waals surface area contributed by atoms with E-state index in [9.17, 15) is 10.1 Å². The second-order valence-electron chi connectivity index (χ2n) is 5.49. The average molecular weight is 356 g/mol. The first-order valence-corrected chi connectivity index (χ1v) is 8.30. The van der Waals surface area contributed by atoms with E-state index in [1.54, 1.807) is 6.07 Å². The molecule has 0 saturated heterocycles. The van der Waals surface area contributed by atoms with Crippen LogP contribution >= 0.6 is 15.9 Å². The standard InChI is InChI=1S/C15H22BrN3O2/c1-3-5-18(6-4-2)13-8-11-7-12(16)9-14(19(20)21)15(11)17-10-13/h7,9,13,17H,3-6,8,10H2,1-2H3. The minimum absolute atomic E-state index is 0.162. The van der Waals surface area contributed by atoms with Crippen LogP contribution in [-0.2, 0) is 6.42 Å². The fourth-order valence-electron chi connectivity index (χ4n) is 3.01. The number of halogens is 1. The lowest BCUT2D eigenvalue weighted by Gasteiger charge is -2.35. The Morgan fingerprint density at radius 1 is 1.38 bits per heavy atom. The van der Waals surface area contributed by atoms with Gasteiger partial charge in [0.25, 0.3) is 5.69 Å². The fraction of sp³-hybridized carbons (Fsp3) is 0.600. The van der Waals surface area contributed by atoms with Gasteiger partial charge < -0.3 is 5.32 Å². The van der Waals surface area contributed by atoms with Crippen molar-refractivity contribution in [3.8, 4) is 0 Å². The Kier molecular flexibility index (Phi) is 5.58. The van der Waals surface area contributed by atoms with Gasteiger partial charge in [-0.05, 0) is 44.0 Å². The molecule has 0 radical (unpaired) electrons. The predicted molar refractivity (Wildman–Crippen MR) is 88.9 cm³/mol. The first-order valence-electron chi connectivity index (χ1n) is 7.51. The molecule has 6 heteroatoms. The summed E-state index contributed by atoms with van der Waals surface area (Å²) in [5.41, 5.74) is 1.88. The molecule has 0 amide bonds. The maximum Gasteiger partial charge on any atom is 0.293 e. The Labute approximate surface area is 134 Å². The number of anilines is 1. The molecule has 1 aromatic rings. The summed E-state index contributed by atoms with van der Waals surface area (Å²) in [6.45, 7) is 7.30. The van der Waals surface area contributed by atoms with Crippen molar-refractivity contribution in [3.05, 3.63) is 32.3 Å². The van der Waals surface area contributed by atoms with Crippen LogP contribution in [0.3, 0.4) is 0 Å². The number of nitro benzene ring substituents is 1. The van der Waals surface area contributed by atoms with E-state index in [4.69, 9.17) is 0 Å². The SMILES string of the molecule is CCCN(CCC)C1CNc2c(cc(Br)cc2[N+](=O)[O-])C1. The van der Waals surface area contributed by atoms with E-state index in [0.29, 0.717) is 11.7 Å². The molecule has 0 saturated carbocycles. The maximum absolute atomic E-state index is 11.2. The van der Waals surface area contributed by atoms with Crippen LogP contribution in [0.1, 0.15) is 32.3 Å². The number of hydrogen-bond acceptors (Lipinski definition) is 4. The maximum atomic E-state index is 11.2. The Morgan fingerprint density at radius 3 is 2.62 bits per heavy atom. The number of nitrogens with zero attached hydrogens (tertiary/aromatic N) is 2. The van der Waals surface area contributed by atoms with Gasteiger partial charge in [0.1, 0.15) is 5.69 Å². The van der Waals surface area contributed by atoms with Gasteiger partial charge in [-0.15, -0.1) is 0 Å². The Hall–Kier alpha value is -1.14. The van der Waals surface area contributed by atoms with Gasteiger partial charge in [-0.25, -0.2) is 0 Å². The third kappa shape index (κ3) is 3.74. The first kappa shape index (κ1) is 16.2. The molecule has 116 valence electrons. The predicted octanol–water partition coefficient (Wildman–Crippen LogP) is 3.82. The van der Waals surface area contributed by atoms with Gasteiger partial charge in [-0.1, -0.05) is 29.8 Å². The summed E-state index contributed by atoms with van der Waals surface area (Å²) >= 11 is 3.38. The number of nitro groups is 1. The molecule has 0 aliphatic carbocycles. The zero-order valence-corrected chi connectivity index (χ0v) is 14.1. The van der Waals surface area contributed by atoms with Crippen LogP contribution in [-0.4, -0.2) is 35.5 Å². The summed E-state index contributed by atoms with van der Waals surface area (Å²) in [6.07, 6.45) is 3.12. The summed E-state index contributed by atoms with van der Waals surface area (Å²) in [5, 5.41) is 14.5. The molecule has 1 aliphatic rings. The number of rotatable bonds is 6. The van der Waals surface area contributed by atoms with Crippen molar-refractivity contribution in [3.63, 3.8) is 0 Å². The number of fused-ring (bicyclic) bond motifs is 1. The molecule has 0 bridgehead atoms. The highest BCUT2D eigenvalue weighted by molar-refractivity contribution is 9.10. The molecule has 1 N–H and O–H groups in total. The van der Waals surface area contributed by atoms with Crippen molar-refractivity contribution in [2.45, 2.75) is 39.2 Å². The van der Waals surface area contributed by atoms with Gasteiger partial charge in [0.15, 0.2) is 0 Å². The lowest BCUT2D eigenvalue weighted by Crippen LogP contribution is -2.44. The lowest BCUT2D eigenvalue weighted by atomic mass is 9.97. The second kappa shape index (κ2) is 7.22. The monoisotopic (exact) mass is 355 g/mol. The molecule has 21 heavy (non-hydrogen) atoms. The van der Waals surface area contributed by atoms with Gasteiger partial charge in [0.2, 0.25) is 0 Å². The van der Waals surface area contributed by atoms with Crippen molar-refractivity contribution < 1.29 is 4.92 Å². The highest BCUT2D eigenvalue weighted by Gasteiger charge is 2.28. The molecule has 0 fully saturated rings. The molecule has 1 aromatic carbocycles. The molecule has 5 nitrogen and oxygen atoms in total. The third-order valence-corrected chi connectivity index (χ3v) is 4.33. The summed E-state index contributed by atoms with van der Waals surface area (Å²) in [5.74, 6) is 0. The lowest BCUT2D eigenvalue weighted by molar-refractivity contribution is -0.384. The van der Waals surface area contributed by atoms with Crippen molar-refractivity contribution in [1.29, 1.82) is 0 Å². The zero-order chi connectivity index (χ0) is 15.4. The highest BCUT2D eigenvalue weighted by atomic mass is 79.9. The molecule has 1 heterocycles. The van der Waals surface area contributed by atoms with E-state index < -0.39 is 0 Å². The molecule has 1 aliphatic heterocycles. The van der Waals surface area contributed by atoms with Gasteiger partial charge in [0.05, 0.1) is 4.92 Å². The van der Waals surface area contributed by atoms with Crippen molar-refractivity contribution in [2.24, 2.45) is 0 Å². The van der Waals surface area contributed by atoms with Crippen LogP contribution in [0.4, 0.5) is 11.4 Å². The van der Waals surface area contributed by atoms with E-state index in [1.165, 1.54) is 0 Å². The van der Waals surface area contributed by atoms with Gasteiger partial charge in [-0.3, -0.25) is 15.0 Å². The summed E-state index contributed by atoms with van der Waals surface area (Å²) in [4.78, 5) is 13.4. The largest absolute Gasteiger partial charge is 0.378 e. The van der Waals surface area contributed by atoms with Gasteiger partial charge in [0, 0.05) is 23.1 Å². The van der Waals surface area contributed by atoms with Gasteiger partial charge >= 0.3 is 0 Å². The molecule has 0 aromatic heterocycles. The molecular formula is C15H22BrN3O2. The van der Waals surface area contributed by atoms with Crippen molar-refractivity contribution in [1.82, 2.24) is 4.90 Å². The summed E-state index contributed by atoms with van der Waals surface area (Å²) in [6, 6.07) is 3.98. The van der Waals surface area contributed by atoms with E-state index in [0.717, 1.165) is 48.9 Å². The topological polar surface area (TPSA) is 58.4 Å². The minimum Gasteiger partial charge on any atom is -0.378 e. The van der Waals surface area contributed by atoms with Crippen LogP contribution in [0.2, 0.25) is 0 Å². The van der Waals surface area contributed by atoms with Crippen molar-refractivity contribution in [2.75, 3.05) is 25.0 Å². The zero-order valence-electron chi connectivity index (χ0n) is 12.6. The summed E-state index contributed by atoms with van der Waals surface area (Å²) < 4.78 is 0.771. The fourth-order valence-corrected chi connectivity index (χ4v) is 3.51.